The fraction of sp³-hybridized carbons (Fsp3) is 0.556. The lowest BCUT2D eigenvalue weighted by Crippen LogP contribution is -2.35. The van der Waals surface area contributed by atoms with E-state index in [9.17, 15) is 5.11 Å². The number of nitrogens with zero attached hydrogens (tertiary/aromatic N) is 3. The van der Waals surface area contributed by atoms with E-state index in [1.165, 1.54) is 19.3 Å². The van der Waals surface area contributed by atoms with Crippen LogP contribution in [0.2, 0.25) is 0 Å². The maximum Gasteiger partial charge on any atom is 0.132 e. The number of furan rings is 1. The van der Waals surface area contributed by atoms with Crippen LogP contribution in [0.4, 0.5) is 0 Å². The summed E-state index contributed by atoms with van der Waals surface area (Å²) in [6.07, 6.45) is 10.2. The van der Waals surface area contributed by atoms with E-state index in [-0.39, 0.29) is 0 Å². The van der Waals surface area contributed by atoms with Crippen molar-refractivity contribution in [2.24, 2.45) is 0 Å². The normalized spacial score (nSPS) is 21.0. The van der Waals surface area contributed by atoms with Gasteiger partial charge in [0.2, 0.25) is 0 Å². The van der Waals surface area contributed by atoms with Gasteiger partial charge < -0.3 is 9.52 Å². The third kappa shape index (κ3) is 4.39. The van der Waals surface area contributed by atoms with Crippen LogP contribution in [0.5, 0.6) is 0 Å². The highest BCUT2D eigenvalue weighted by atomic mass is 16.4. The van der Waals surface area contributed by atoms with Crippen molar-refractivity contribution >= 4 is 0 Å². The number of hydrogen-bond acceptors (Lipinski definition) is 5. The zero-order valence-electron chi connectivity index (χ0n) is 13.7. The SMILES string of the molecule is Cc1cnc(CN2CCCCCC2CC(O)c2ccco2)cn1. The molecule has 3 heterocycles. The molecule has 0 saturated carbocycles. The number of aliphatic hydroxyl groups is 1. The molecule has 5 nitrogen and oxygen atoms in total. The molecule has 0 amide bonds. The zero-order chi connectivity index (χ0) is 16.1. The second-order valence-corrected chi connectivity index (χ2v) is 6.39. The molecule has 1 saturated heterocycles. The summed E-state index contributed by atoms with van der Waals surface area (Å²) in [5.41, 5.74) is 1.93. The molecule has 2 unspecified atom stereocenters. The topological polar surface area (TPSA) is 62.4 Å². The average molecular weight is 315 g/mol. The Morgan fingerprint density at radius 2 is 2.22 bits per heavy atom. The molecular weight excluding hydrogens is 290 g/mol. The lowest BCUT2D eigenvalue weighted by atomic mass is 10.0. The average Bonchev–Trinajstić information content (AvgIpc) is 3.01. The Morgan fingerprint density at radius 1 is 1.30 bits per heavy atom. The highest BCUT2D eigenvalue weighted by molar-refractivity contribution is 5.04. The molecule has 1 aliphatic heterocycles. The maximum atomic E-state index is 10.4. The summed E-state index contributed by atoms with van der Waals surface area (Å²) in [6.45, 7) is 3.79. The number of hydrogen-bond donors (Lipinski definition) is 1. The Bertz CT molecular complexity index is 583. The smallest absolute Gasteiger partial charge is 0.132 e. The molecule has 23 heavy (non-hydrogen) atoms. The van der Waals surface area contributed by atoms with E-state index in [4.69, 9.17) is 4.42 Å². The molecule has 0 spiro atoms. The molecule has 2 aromatic heterocycles. The first-order chi connectivity index (χ1) is 11.2. The summed E-state index contributed by atoms with van der Waals surface area (Å²) in [5.74, 6) is 0.657. The van der Waals surface area contributed by atoms with Gasteiger partial charge in [-0.15, -0.1) is 0 Å². The predicted molar refractivity (Wildman–Crippen MR) is 87.7 cm³/mol. The van der Waals surface area contributed by atoms with Crippen LogP contribution in [0.1, 0.15) is 55.4 Å². The summed E-state index contributed by atoms with van der Waals surface area (Å²) in [4.78, 5) is 11.3. The van der Waals surface area contributed by atoms with Crippen LogP contribution in [-0.2, 0) is 6.54 Å². The van der Waals surface area contributed by atoms with Gasteiger partial charge in [-0.3, -0.25) is 14.9 Å². The third-order valence-corrected chi connectivity index (χ3v) is 4.57. The van der Waals surface area contributed by atoms with Crippen LogP contribution in [0.3, 0.4) is 0 Å². The molecule has 1 aliphatic rings. The molecule has 124 valence electrons. The van der Waals surface area contributed by atoms with Crippen LogP contribution in [0.25, 0.3) is 0 Å². The number of aromatic nitrogens is 2. The Balaban J connectivity index is 1.68. The molecule has 0 bridgehead atoms. The van der Waals surface area contributed by atoms with Crippen LogP contribution < -0.4 is 0 Å². The van der Waals surface area contributed by atoms with Crippen molar-refractivity contribution in [3.05, 3.63) is 47.9 Å². The Morgan fingerprint density at radius 3 is 2.96 bits per heavy atom. The molecule has 0 radical (unpaired) electrons. The van der Waals surface area contributed by atoms with Gasteiger partial charge in [0.15, 0.2) is 0 Å². The number of aryl methyl sites for hydroxylation is 1. The van der Waals surface area contributed by atoms with E-state index in [0.717, 1.165) is 30.9 Å². The van der Waals surface area contributed by atoms with Crippen molar-refractivity contribution in [1.29, 1.82) is 0 Å². The highest BCUT2D eigenvalue weighted by Crippen LogP contribution is 2.27. The quantitative estimate of drug-likeness (QED) is 0.917. The minimum Gasteiger partial charge on any atom is -0.467 e. The zero-order valence-corrected chi connectivity index (χ0v) is 13.7. The van der Waals surface area contributed by atoms with Crippen molar-refractivity contribution in [2.45, 2.75) is 57.7 Å². The minimum atomic E-state index is -0.542. The van der Waals surface area contributed by atoms with Gasteiger partial charge >= 0.3 is 0 Å². The first-order valence-electron chi connectivity index (χ1n) is 8.45. The Labute approximate surface area is 137 Å². The predicted octanol–water partition coefficient (Wildman–Crippen LogP) is 3.25. The van der Waals surface area contributed by atoms with E-state index < -0.39 is 6.10 Å². The fourth-order valence-electron chi connectivity index (χ4n) is 3.28. The van der Waals surface area contributed by atoms with Gasteiger partial charge in [0.25, 0.3) is 0 Å². The molecular formula is C18H25N3O2. The summed E-state index contributed by atoms with van der Waals surface area (Å²) < 4.78 is 5.34. The van der Waals surface area contributed by atoms with Crippen LogP contribution in [0.15, 0.2) is 35.2 Å². The van der Waals surface area contributed by atoms with Gasteiger partial charge in [-0.1, -0.05) is 12.8 Å². The van der Waals surface area contributed by atoms with E-state index in [1.54, 1.807) is 6.26 Å². The first kappa shape index (κ1) is 16.1. The molecule has 0 aromatic carbocycles. The van der Waals surface area contributed by atoms with Gasteiger partial charge in [-0.25, -0.2) is 0 Å². The van der Waals surface area contributed by atoms with E-state index in [1.807, 2.05) is 31.5 Å². The van der Waals surface area contributed by atoms with Crippen LogP contribution in [0, 0.1) is 6.92 Å². The summed E-state index contributed by atoms with van der Waals surface area (Å²) in [5, 5.41) is 10.4. The van der Waals surface area contributed by atoms with Gasteiger partial charge in [0.05, 0.1) is 17.7 Å². The van der Waals surface area contributed by atoms with Crippen molar-refractivity contribution in [2.75, 3.05) is 6.54 Å². The number of aliphatic hydroxyl groups excluding tert-OH is 1. The standard InChI is InChI=1S/C18H25N3O2/c1-14-11-20-15(12-19-14)13-21-8-4-2-3-6-16(21)10-17(22)18-7-5-9-23-18/h5,7,9,11-12,16-17,22H,2-4,6,8,10,13H2,1H3. The van der Waals surface area contributed by atoms with Crippen molar-refractivity contribution in [3.8, 4) is 0 Å². The number of likely N-dealkylation sites (tertiary alicyclic amines) is 1. The highest BCUT2D eigenvalue weighted by Gasteiger charge is 2.25. The maximum absolute atomic E-state index is 10.4. The Hall–Kier alpha value is -1.72. The lowest BCUT2D eigenvalue weighted by Gasteiger charge is -2.30. The molecule has 0 aliphatic carbocycles. The first-order valence-corrected chi connectivity index (χ1v) is 8.45. The molecule has 1 fully saturated rings. The molecule has 2 atom stereocenters. The summed E-state index contributed by atoms with van der Waals surface area (Å²) >= 11 is 0. The summed E-state index contributed by atoms with van der Waals surface area (Å²) in [7, 11) is 0. The minimum absolute atomic E-state index is 0.348. The van der Waals surface area contributed by atoms with Gasteiger partial charge in [0, 0.05) is 25.0 Å². The fourth-order valence-corrected chi connectivity index (χ4v) is 3.28. The monoisotopic (exact) mass is 315 g/mol. The van der Waals surface area contributed by atoms with E-state index in [0.29, 0.717) is 18.2 Å². The molecule has 3 rings (SSSR count). The molecule has 2 aromatic rings. The van der Waals surface area contributed by atoms with Gasteiger partial charge in [-0.2, -0.15) is 0 Å². The largest absolute Gasteiger partial charge is 0.467 e. The second-order valence-electron chi connectivity index (χ2n) is 6.39. The van der Waals surface area contributed by atoms with Gasteiger partial charge in [-0.05, 0) is 44.9 Å². The molecule has 1 N–H and O–H groups in total. The second kappa shape index (κ2) is 7.70. The Kier molecular flexibility index (Phi) is 5.41. The third-order valence-electron chi connectivity index (χ3n) is 4.57. The van der Waals surface area contributed by atoms with Crippen molar-refractivity contribution < 1.29 is 9.52 Å². The van der Waals surface area contributed by atoms with Crippen molar-refractivity contribution in [1.82, 2.24) is 14.9 Å². The van der Waals surface area contributed by atoms with Crippen LogP contribution in [-0.4, -0.2) is 32.6 Å². The molecule has 5 heteroatoms. The lowest BCUT2D eigenvalue weighted by molar-refractivity contribution is 0.0824. The van der Waals surface area contributed by atoms with Crippen LogP contribution >= 0.6 is 0 Å². The number of rotatable bonds is 5. The van der Waals surface area contributed by atoms with E-state index in [2.05, 4.69) is 14.9 Å². The van der Waals surface area contributed by atoms with Crippen molar-refractivity contribution in [3.63, 3.8) is 0 Å². The van der Waals surface area contributed by atoms with Gasteiger partial charge in [0.1, 0.15) is 11.9 Å². The van der Waals surface area contributed by atoms with E-state index >= 15 is 0 Å². The summed E-state index contributed by atoms with van der Waals surface area (Å²) in [6, 6.07) is 4.02.